The van der Waals surface area contributed by atoms with Gasteiger partial charge in [0.1, 0.15) is 0 Å². The van der Waals surface area contributed by atoms with Crippen molar-refractivity contribution < 1.29 is 0 Å². The Bertz CT molecular complexity index is 439. The Morgan fingerprint density at radius 1 is 1.06 bits per heavy atom. The summed E-state index contributed by atoms with van der Waals surface area (Å²) in [6.07, 6.45) is 7.01. The molecule has 0 unspecified atom stereocenters. The second-order valence-electron chi connectivity index (χ2n) is 4.54. The first-order valence-electron chi connectivity index (χ1n) is 6.27. The lowest BCUT2D eigenvalue weighted by Crippen LogP contribution is -2.19. The molecule has 93 valence electrons. The summed E-state index contributed by atoms with van der Waals surface area (Å²) in [5, 5.41) is 0. The van der Waals surface area contributed by atoms with Gasteiger partial charge < -0.3 is 4.90 Å². The van der Waals surface area contributed by atoms with Crippen LogP contribution in [0.3, 0.4) is 0 Å². The zero-order chi connectivity index (χ0) is 12.6. The van der Waals surface area contributed by atoms with Crippen LogP contribution in [0.5, 0.6) is 0 Å². The molecule has 0 atom stereocenters. The Balaban J connectivity index is 1.71. The quantitative estimate of drug-likeness (QED) is 0.770. The van der Waals surface area contributed by atoms with E-state index in [2.05, 4.69) is 59.8 Å². The Kier molecular flexibility index (Phi) is 4.91. The topological polar surface area (TPSA) is 16.1 Å². The third-order valence-corrected chi connectivity index (χ3v) is 2.84. The van der Waals surface area contributed by atoms with Crippen molar-refractivity contribution >= 4 is 0 Å². The number of nitrogens with zero attached hydrogens (tertiary/aromatic N) is 2. The van der Waals surface area contributed by atoms with Crippen LogP contribution in [0.25, 0.3) is 0 Å². The van der Waals surface area contributed by atoms with E-state index in [1.54, 1.807) is 0 Å². The monoisotopic (exact) mass is 239 g/mol. The number of hydrogen-bond acceptors (Lipinski definition) is 2. The molecule has 0 aliphatic rings. The molecule has 0 amide bonds. The van der Waals surface area contributed by atoms with Crippen LogP contribution in [0.4, 0.5) is 0 Å². The second-order valence-corrected chi connectivity index (χ2v) is 4.54. The predicted molar refractivity (Wildman–Crippen MR) is 75.0 cm³/mol. The number of hydrogen-bond donors (Lipinski definition) is 0. The van der Waals surface area contributed by atoms with Crippen LogP contribution >= 0.6 is 0 Å². The minimum atomic E-state index is 0.979. The minimum absolute atomic E-state index is 0.979. The molecule has 1 aromatic heterocycles. The van der Waals surface area contributed by atoms with Crippen molar-refractivity contribution in [1.82, 2.24) is 9.88 Å². The highest BCUT2D eigenvalue weighted by Gasteiger charge is 2.00. The molecule has 2 heteroatoms. The molecule has 0 N–H and O–H groups in total. The molecular weight excluding hydrogens is 220 g/mol. The molecule has 0 saturated carbocycles. The predicted octanol–water partition coefficient (Wildman–Crippen LogP) is 2.96. The van der Waals surface area contributed by atoms with E-state index in [0.29, 0.717) is 0 Å². The molecule has 0 bridgehead atoms. The van der Waals surface area contributed by atoms with Gasteiger partial charge in [-0.2, -0.15) is 0 Å². The maximum Gasteiger partial charge on any atom is 0.0299 e. The number of aromatic nitrogens is 1. The van der Waals surface area contributed by atoms with Gasteiger partial charge in [0.15, 0.2) is 0 Å². The van der Waals surface area contributed by atoms with Crippen LogP contribution in [-0.2, 0) is 13.0 Å². The number of pyridine rings is 1. The minimum Gasteiger partial charge on any atom is -0.302 e. The molecule has 1 radical (unpaired) electrons. The molecule has 18 heavy (non-hydrogen) atoms. The standard InChI is InChI=1S/C16H19N2/c1-18(14-16-7-3-2-4-8-16)12-6-10-15-9-5-11-17-13-15/h2-9,11,13H,10,12,14H2,1H3. The van der Waals surface area contributed by atoms with Crippen LogP contribution in [0.2, 0.25) is 0 Å². The number of rotatable bonds is 6. The van der Waals surface area contributed by atoms with E-state index in [-0.39, 0.29) is 0 Å². The largest absolute Gasteiger partial charge is 0.302 e. The maximum absolute atomic E-state index is 4.12. The van der Waals surface area contributed by atoms with Crippen LogP contribution in [0, 0.1) is 6.42 Å². The molecule has 2 aromatic rings. The molecule has 2 rings (SSSR count). The smallest absolute Gasteiger partial charge is 0.0299 e. The lowest BCUT2D eigenvalue weighted by Gasteiger charge is -2.16. The summed E-state index contributed by atoms with van der Waals surface area (Å²) >= 11 is 0. The fraction of sp³-hybridized carbons (Fsp3) is 0.250. The van der Waals surface area contributed by atoms with Gasteiger partial charge in [-0.05, 0) is 37.1 Å². The van der Waals surface area contributed by atoms with Crippen molar-refractivity contribution in [3.05, 3.63) is 72.4 Å². The van der Waals surface area contributed by atoms with Crippen molar-refractivity contribution in [3.63, 3.8) is 0 Å². The van der Waals surface area contributed by atoms with Crippen molar-refractivity contribution in [2.75, 3.05) is 13.6 Å². The SMILES string of the molecule is CN(C[CH]Cc1cccnc1)Cc1ccccc1. The van der Waals surface area contributed by atoms with Crippen LogP contribution in [0.1, 0.15) is 11.1 Å². The van der Waals surface area contributed by atoms with E-state index in [4.69, 9.17) is 0 Å². The highest BCUT2D eigenvalue weighted by molar-refractivity contribution is 5.14. The zero-order valence-electron chi connectivity index (χ0n) is 10.8. The maximum atomic E-state index is 4.12. The van der Waals surface area contributed by atoms with E-state index in [1.807, 2.05) is 18.5 Å². The van der Waals surface area contributed by atoms with Crippen molar-refractivity contribution in [1.29, 1.82) is 0 Å². The van der Waals surface area contributed by atoms with Gasteiger partial charge >= 0.3 is 0 Å². The van der Waals surface area contributed by atoms with Gasteiger partial charge in [0.05, 0.1) is 0 Å². The van der Waals surface area contributed by atoms with Crippen molar-refractivity contribution in [3.8, 4) is 0 Å². The molecule has 0 saturated heterocycles. The molecule has 1 heterocycles. The summed E-state index contributed by atoms with van der Waals surface area (Å²) in [5.41, 5.74) is 2.63. The molecule has 0 fully saturated rings. The third kappa shape index (κ3) is 4.30. The van der Waals surface area contributed by atoms with E-state index >= 15 is 0 Å². The Morgan fingerprint density at radius 2 is 1.83 bits per heavy atom. The van der Waals surface area contributed by atoms with Crippen LogP contribution in [-0.4, -0.2) is 23.5 Å². The Morgan fingerprint density at radius 3 is 2.56 bits per heavy atom. The van der Waals surface area contributed by atoms with Gasteiger partial charge in [-0.3, -0.25) is 4.98 Å². The third-order valence-electron chi connectivity index (χ3n) is 2.84. The highest BCUT2D eigenvalue weighted by atomic mass is 15.1. The second kappa shape index (κ2) is 6.92. The summed E-state index contributed by atoms with van der Waals surface area (Å²) in [5.74, 6) is 0. The van der Waals surface area contributed by atoms with E-state index in [1.165, 1.54) is 11.1 Å². The summed E-state index contributed by atoms with van der Waals surface area (Å²) < 4.78 is 0. The van der Waals surface area contributed by atoms with Crippen LogP contribution in [0.15, 0.2) is 54.9 Å². The highest BCUT2D eigenvalue weighted by Crippen LogP contribution is 2.04. The first-order chi connectivity index (χ1) is 8.84. The van der Waals surface area contributed by atoms with E-state index in [9.17, 15) is 0 Å². The lowest BCUT2D eigenvalue weighted by molar-refractivity contribution is 0.350. The molecule has 0 aliphatic carbocycles. The molecule has 2 nitrogen and oxygen atoms in total. The molecule has 0 aliphatic heterocycles. The fourth-order valence-corrected chi connectivity index (χ4v) is 1.93. The first-order valence-corrected chi connectivity index (χ1v) is 6.27. The fourth-order valence-electron chi connectivity index (χ4n) is 1.93. The Hall–Kier alpha value is -1.67. The van der Waals surface area contributed by atoms with Gasteiger partial charge in [0.2, 0.25) is 0 Å². The van der Waals surface area contributed by atoms with Crippen LogP contribution < -0.4 is 0 Å². The average Bonchev–Trinajstić information content (AvgIpc) is 2.41. The Labute approximate surface area is 109 Å². The van der Waals surface area contributed by atoms with Gasteiger partial charge in [0, 0.05) is 25.5 Å². The van der Waals surface area contributed by atoms with Gasteiger partial charge in [-0.15, -0.1) is 0 Å². The van der Waals surface area contributed by atoms with Crippen molar-refractivity contribution in [2.45, 2.75) is 13.0 Å². The summed E-state index contributed by atoms with van der Waals surface area (Å²) in [4.78, 5) is 6.43. The van der Waals surface area contributed by atoms with E-state index in [0.717, 1.165) is 19.5 Å². The molecular formula is C16H19N2. The van der Waals surface area contributed by atoms with Gasteiger partial charge in [0.25, 0.3) is 0 Å². The number of benzene rings is 1. The van der Waals surface area contributed by atoms with Gasteiger partial charge in [-0.25, -0.2) is 0 Å². The summed E-state index contributed by atoms with van der Waals surface area (Å²) in [6, 6.07) is 14.6. The van der Waals surface area contributed by atoms with Crippen molar-refractivity contribution in [2.24, 2.45) is 0 Å². The lowest BCUT2D eigenvalue weighted by atomic mass is 10.1. The summed E-state index contributed by atoms with van der Waals surface area (Å²) in [6.45, 7) is 1.98. The van der Waals surface area contributed by atoms with Gasteiger partial charge in [-0.1, -0.05) is 36.4 Å². The molecule has 1 aromatic carbocycles. The first kappa shape index (κ1) is 12.8. The van der Waals surface area contributed by atoms with E-state index < -0.39 is 0 Å². The summed E-state index contributed by atoms with van der Waals surface area (Å²) in [7, 11) is 2.15. The zero-order valence-corrected chi connectivity index (χ0v) is 10.8. The average molecular weight is 239 g/mol. The molecule has 0 spiro atoms. The normalized spacial score (nSPS) is 10.8.